The van der Waals surface area contributed by atoms with E-state index in [1.165, 1.54) is 4.90 Å². The van der Waals surface area contributed by atoms with Crippen LogP contribution in [-0.2, 0) is 14.4 Å². The third-order valence-corrected chi connectivity index (χ3v) is 5.22. The number of rotatable bonds is 10. The van der Waals surface area contributed by atoms with Crippen molar-refractivity contribution in [3.8, 4) is 0 Å². The van der Waals surface area contributed by atoms with Crippen LogP contribution in [0.25, 0.3) is 0 Å². The van der Waals surface area contributed by atoms with E-state index in [4.69, 9.17) is 0 Å². The van der Waals surface area contributed by atoms with E-state index in [1.807, 2.05) is 0 Å². The average molecular weight is 517 g/mol. The molecular weight excluding hydrogens is 486 g/mol. The maximum absolute atomic E-state index is 11.1. The van der Waals surface area contributed by atoms with Crippen LogP contribution < -0.4 is 15.3 Å². The number of aliphatic hydroxyl groups is 3. The second kappa shape index (κ2) is 16.4. The Bertz CT molecular complexity index is 555. The molecule has 183 valence electrons. The van der Waals surface area contributed by atoms with E-state index in [0.717, 1.165) is 0 Å². The molecule has 1 heterocycles. The molecule has 1 aliphatic heterocycles. The maximum atomic E-state index is 11.1. The fourth-order valence-corrected chi connectivity index (χ4v) is 3.51. The van der Waals surface area contributed by atoms with E-state index in [-0.39, 0.29) is 78.7 Å². The van der Waals surface area contributed by atoms with Gasteiger partial charge in [0.25, 0.3) is 0 Å². The van der Waals surface area contributed by atoms with Gasteiger partial charge in [0.1, 0.15) is 0 Å². The number of carbonyl (C=O) groups is 3. The Balaban J connectivity index is 0.00000961. The largest absolute Gasteiger partial charge is 0.549 e. The molecule has 14 heteroatoms. The summed E-state index contributed by atoms with van der Waals surface area (Å²) in [6.07, 6.45) is -1.25. The maximum Gasteiger partial charge on any atom is 0.0947 e. The first-order valence-corrected chi connectivity index (χ1v) is 10.1. The third-order valence-electron chi connectivity index (χ3n) is 5.22. The van der Waals surface area contributed by atoms with Crippen LogP contribution in [0.5, 0.6) is 0 Å². The molecule has 3 radical (unpaired) electrons. The fraction of sp³-hybridized carbons (Fsp3) is 0.833. The molecule has 1 fully saturated rings. The van der Waals surface area contributed by atoms with Gasteiger partial charge in [-0.15, -0.1) is 0 Å². The minimum atomic E-state index is -1.31. The van der Waals surface area contributed by atoms with E-state index in [0.29, 0.717) is 0 Å². The van der Waals surface area contributed by atoms with E-state index in [2.05, 4.69) is 0 Å². The minimum absolute atomic E-state index is 0. The van der Waals surface area contributed by atoms with Crippen LogP contribution in [0.15, 0.2) is 0 Å². The standard InChI is InChI=1S/C18H34N4O9.Ga/c23-12-14(15(25)13-24)22-7-5-20(10-17(28)29)3-1-19(9-16(26)27)2-4-21(6-8-22)11-18(30)31;/h14-15,23-25H,1-13H2,(H,26,27)(H,28,29)(H,30,31);/p-3. The topological polar surface area (TPSA) is 194 Å². The Labute approximate surface area is 199 Å². The average Bonchev–Trinajstić information content (AvgIpc) is 2.68. The van der Waals surface area contributed by atoms with Gasteiger partial charge in [-0.25, -0.2) is 0 Å². The number of hydrogen-bond donors (Lipinski definition) is 3. The molecule has 0 bridgehead atoms. The second-order valence-corrected chi connectivity index (χ2v) is 7.48. The van der Waals surface area contributed by atoms with E-state index < -0.39 is 56.4 Å². The van der Waals surface area contributed by atoms with Crippen molar-refractivity contribution in [2.45, 2.75) is 12.1 Å². The molecule has 3 N–H and O–H groups in total. The van der Waals surface area contributed by atoms with Gasteiger partial charge in [0.05, 0.1) is 43.3 Å². The second-order valence-electron chi connectivity index (χ2n) is 7.48. The van der Waals surface area contributed by atoms with E-state index in [1.54, 1.807) is 14.7 Å². The van der Waals surface area contributed by atoms with E-state index in [9.17, 15) is 45.0 Å². The molecule has 0 spiro atoms. The summed E-state index contributed by atoms with van der Waals surface area (Å²) in [6.45, 7) is -0.648. The molecule has 1 saturated heterocycles. The zero-order valence-corrected chi connectivity index (χ0v) is 20.4. The Morgan fingerprint density at radius 1 is 0.656 bits per heavy atom. The summed E-state index contributed by atoms with van der Waals surface area (Å²) in [5.74, 6) is -3.92. The molecule has 2 unspecified atom stereocenters. The Hall–Kier alpha value is -1.23. The molecule has 1 rings (SSSR count). The van der Waals surface area contributed by atoms with Crippen molar-refractivity contribution in [2.75, 3.05) is 85.2 Å². The summed E-state index contributed by atoms with van der Waals surface area (Å²) in [4.78, 5) is 39.5. The molecule has 2 atom stereocenters. The Kier molecular flexibility index (Phi) is 15.8. The first-order chi connectivity index (χ1) is 14.7. The van der Waals surface area contributed by atoms with Crippen molar-refractivity contribution in [3.63, 3.8) is 0 Å². The molecule has 13 nitrogen and oxygen atoms in total. The molecule has 0 aromatic heterocycles. The number of carbonyl (C=O) groups excluding carboxylic acids is 3. The van der Waals surface area contributed by atoms with Crippen molar-refractivity contribution in [1.82, 2.24) is 19.6 Å². The predicted octanol–water partition coefficient (Wildman–Crippen LogP) is -8.21. The number of hydrogen-bond acceptors (Lipinski definition) is 13. The van der Waals surface area contributed by atoms with Crippen molar-refractivity contribution in [3.05, 3.63) is 0 Å². The van der Waals surface area contributed by atoms with Crippen molar-refractivity contribution in [2.24, 2.45) is 0 Å². The van der Waals surface area contributed by atoms with Gasteiger partial charge in [0.15, 0.2) is 0 Å². The summed E-state index contributed by atoms with van der Waals surface area (Å²) in [5.41, 5.74) is 0. The quantitative estimate of drug-likeness (QED) is 0.232. The van der Waals surface area contributed by atoms with Gasteiger partial charge < -0.3 is 45.0 Å². The van der Waals surface area contributed by atoms with Gasteiger partial charge in [-0.2, -0.15) is 0 Å². The monoisotopic (exact) mass is 516 g/mol. The van der Waals surface area contributed by atoms with Gasteiger partial charge in [-0.05, 0) is 0 Å². The summed E-state index contributed by atoms with van der Waals surface area (Å²) in [5, 5.41) is 62.3. The van der Waals surface area contributed by atoms with Crippen molar-refractivity contribution < 1.29 is 45.0 Å². The molecule has 32 heavy (non-hydrogen) atoms. The van der Waals surface area contributed by atoms with Crippen LogP contribution in [0.3, 0.4) is 0 Å². The predicted molar refractivity (Wildman–Crippen MR) is 106 cm³/mol. The molecule has 1 aliphatic rings. The first kappa shape index (κ1) is 30.8. The smallest absolute Gasteiger partial charge is 0.0947 e. The van der Waals surface area contributed by atoms with Gasteiger partial charge in [0, 0.05) is 91.8 Å². The van der Waals surface area contributed by atoms with Gasteiger partial charge in [-0.3, -0.25) is 19.6 Å². The van der Waals surface area contributed by atoms with Crippen LogP contribution >= 0.6 is 0 Å². The van der Waals surface area contributed by atoms with Crippen LogP contribution in [0.1, 0.15) is 0 Å². The summed E-state index contributed by atoms with van der Waals surface area (Å²) in [7, 11) is 0. The summed E-state index contributed by atoms with van der Waals surface area (Å²) in [6, 6.07) is -0.836. The normalized spacial score (nSPS) is 20.3. The molecule has 0 saturated carbocycles. The Morgan fingerprint density at radius 2 is 0.969 bits per heavy atom. The number of nitrogens with zero attached hydrogens (tertiary/aromatic N) is 4. The number of aliphatic hydroxyl groups excluding tert-OH is 3. The fourth-order valence-electron chi connectivity index (χ4n) is 3.51. The molecule has 0 amide bonds. The van der Waals surface area contributed by atoms with Crippen LogP contribution in [-0.4, -0.2) is 170 Å². The summed E-state index contributed by atoms with van der Waals surface area (Å²) >= 11 is 0. The molecule has 0 aliphatic carbocycles. The number of carboxylic acids is 3. The van der Waals surface area contributed by atoms with Crippen molar-refractivity contribution in [1.29, 1.82) is 0 Å². The zero-order chi connectivity index (χ0) is 23.4. The van der Waals surface area contributed by atoms with Gasteiger partial charge in [-0.1, -0.05) is 0 Å². The van der Waals surface area contributed by atoms with Crippen molar-refractivity contribution >= 4 is 37.7 Å². The van der Waals surface area contributed by atoms with Crippen LogP contribution in [0, 0.1) is 0 Å². The number of aliphatic carboxylic acids is 3. The number of carboxylic acid groups (broad SMARTS) is 3. The molecule has 0 aromatic rings. The summed E-state index contributed by atoms with van der Waals surface area (Å²) < 4.78 is 0. The van der Waals surface area contributed by atoms with Crippen LogP contribution in [0.2, 0.25) is 0 Å². The molecular formula is C18H31GaN4O9-3. The van der Waals surface area contributed by atoms with E-state index >= 15 is 0 Å². The third kappa shape index (κ3) is 12.1. The Morgan fingerprint density at radius 3 is 1.22 bits per heavy atom. The minimum Gasteiger partial charge on any atom is -0.549 e. The zero-order valence-electron chi connectivity index (χ0n) is 18.0. The van der Waals surface area contributed by atoms with Gasteiger partial charge in [0.2, 0.25) is 0 Å². The molecule has 0 aromatic carbocycles. The first-order valence-electron chi connectivity index (χ1n) is 10.1. The van der Waals surface area contributed by atoms with Crippen LogP contribution in [0.4, 0.5) is 0 Å². The SMILES string of the molecule is O=C([O-])CN1CCN(CC(=O)[O-])CCN(C(CO)C(O)CO)CCN(CC(=O)[O-])CC1.[Ga]. The van der Waals surface area contributed by atoms with Gasteiger partial charge >= 0.3 is 0 Å².